The standard InChI is InChI=1S/C13H9BrN2O2/c1-7(6-15)13(17)11-3-8-4-12(18-2)9(14)5-10(8)16-11/h3-5,16H,1H2,2H3. The first-order valence-corrected chi connectivity index (χ1v) is 5.86. The summed E-state index contributed by atoms with van der Waals surface area (Å²) in [6, 6.07) is 7.05. The fraction of sp³-hybridized carbons (Fsp3) is 0.0769. The molecule has 0 amide bonds. The van der Waals surface area contributed by atoms with Gasteiger partial charge in [0.25, 0.3) is 0 Å². The molecule has 0 spiro atoms. The van der Waals surface area contributed by atoms with Crippen LogP contribution in [0.5, 0.6) is 5.75 Å². The summed E-state index contributed by atoms with van der Waals surface area (Å²) in [6.45, 7) is 3.41. The van der Waals surface area contributed by atoms with Crippen LogP contribution in [0.4, 0.5) is 0 Å². The molecule has 0 aliphatic heterocycles. The minimum Gasteiger partial charge on any atom is -0.496 e. The molecule has 0 saturated carbocycles. The van der Waals surface area contributed by atoms with Crippen LogP contribution in [0.2, 0.25) is 0 Å². The topological polar surface area (TPSA) is 65.9 Å². The number of Topliss-reactive ketones (excluding diaryl/α,β-unsaturated/α-hetero) is 1. The predicted octanol–water partition coefficient (Wildman–Crippen LogP) is 3.20. The number of carbonyl (C=O) groups excluding carboxylic acids is 1. The third-order valence-corrected chi connectivity index (χ3v) is 3.17. The van der Waals surface area contributed by atoms with Crippen molar-refractivity contribution in [3.63, 3.8) is 0 Å². The summed E-state index contributed by atoms with van der Waals surface area (Å²) < 4.78 is 5.97. The molecule has 2 rings (SSSR count). The van der Waals surface area contributed by atoms with Gasteiger partial charge >= 0.3 is 0 Å². The third kappa shape index (κ3) is 2.03. The molecular formula is C13H9BrN2O2. The molecule has 2 aromatic rings. The second-order valence-electron chi connectivity index (χ2n) is 3.68. The number of allylic oxidation sites excluding steroid dienone is 1. The van der Waals surface area contributed by atoms with E-state index in [4.69, 9.17) is 10.00 Å². The number of aromatic nitrogens is 1. The maximum absolute atomic E-state index is 11.8. The Hall–Kier alpha value is -2.06. The van der Waals surface area contributed by atoms with E-state index < -0.39 is 5.78 Å². The van der Waals surface area contributed by atoms with Gasteiger partial charge in [0.2, 0.25) is 5.78 Å². The number of ether oxygens (including phenoxy) is 1. The molecule has 5 heteroatoms. The van der Waals surface area contributed by atoms with Crippen molar-refractivity contribution in [1.82, 2.24) is 4.98 Å². The highest BCUT2D eigenvalue weighted by Crippen LogP contribution is 2.30. The van der Waals surface area contributed by atoms with E-state index in [-0.39, 0.29) is 5.57 Å². The van der Waals surface area contributed by atoms with E-state index in [0.29, 0.717) is 11.4 Å². The highest BCUT2D eigenvalue weighted by atomic mass is 79.9. The summed E-state index contributed by atoms with van der Waals surface area (Å²) in [5.41, 5.74) is 1.04. The summed E-state index contributed by atoms with van der Waals surface area (Å²) in [5.74, 6) is 0.281. The zero-order valence-electron chi connectivity index (χ0n) is 9.58. The first kappa shape index (κ1) is 12.4. The molecule has 0 aliphatic carbocycles. The Labute approximate surface area is 112 Å². The van der Waals surface area contributed by atoms with Crippen molar-refractivity contribution in [3.8, 4) is 11.8 Å². The molecule has 0 radical (unpaired) electrons. The number of rotatable bonds is 3. The van der Waals surface area contributed by atoms with E-state index in [9.17, 15) is 4.79 Å². The van der Waals surface area contributed by atoms with Gasteiger partial charge in [-0.15, -0.1) is 0 Å². The average molecular weight is 305 g/mol. The SMILES string of the molecule is C=C(C#N)C(=O)c1cc2cc(OC)c(Br)cc2[nH]1. The van der Waals surface area contributed by atoms with Gasteiger partial charge < -0.3 is 9.72 Å². The van der Waals surface area contributed by atoms with Gasteiger partial charge in [-0.2, -0.15) is 5.26 Å². The Morgan fingerprint density at radius 1 is 1.50 bits per heavy atom. The zero-order valence-corrected chi connectivity index (χ0v) is 11.2. The number of hydrogen-bond donors (Lipinski definition) is 1. The van der Waals surface area contributed by atoms with Crippen molar-refractivity contribution in [3.05, 3.63) is 40.5 Å². The van der Waals surface area contributed by atoms with Crippen LogP contribution in [0.3, 0.4) is 0 Å². The van der Waals surface area contributed by atoms with Gasteiger partial charge in [0.15, 0.2) is 0 Å². The van der Waals surface area contributed by atoms with Gasteiger partial charge in [-0.3, -0.25) is 4.79 Å². The minimum atomic E-state index is -0.399. The maximum atomic E-state index is 11.8. The lowest BCUT2D eigenvalue weighted by Gasteiger charge is -2.02. The Balaban J connectivity index is 2.55. The normalized spacial score (nSPS) is 10.1. The van der Waals surface area contributed by atoms with E-state index in [1.165, 1.54) is 0 Å². The number of hydrogen-bond acceptors (Lipinski definition) is 3. The van der Waals surface area contributed by atoms with Gasteiger partial charge in [0.1, 0.15) is 11.8 Å². The van der Waals surface area contributed by atoms with Crippen LogP contribution >= 0.6 is 15.9 Å². The van der Waals surface area contributed by atoms with Crippen LogP contribution in [-0.2, 0) is 0 Å². The van der Waals surface area contributed by atoms with Crippen molar-refractivity contribution in [2.24, 2.45) is 0 Å². The molecule has 0 atom stereocenters. The van der Waals surface area contributed by atoms with Crippen LogP contribution in [0.1, 0.15) is 10.5 Å². The number of H-pyrrole nitrogens is 1. The first-order chi connectivity index (χ1) is 8.56. The summed E-state index contributed by atoms with van der Waals surface area (Å²) in [4.78, 5) is 14.7. The second-order valence-corrected chi connectivity index (χ2v) is 4.53. The summed E-state index contributed by atoms with van der Waals surface area (Å²) >= 11 is 3.37. The van der Waals surface area contributed by atoms with Crippen molar-refractivity contribution in [2.75, 3.05) is 7.11 Å². The quantitative estimate of drug-likeness (QED) is 0.538. The molecule has 90 valence electrons. The fourth-order valence-corrected chi connectivity index (χ4v) is 2.13. The largest absolute Gasteiger partial charge is 0.496 e. The maximum Gasteiger partial charge on any atom is 0.219 e. The van der Waals surface area contributed by atoms with Crippen molar-refractivity contribution < 1.29 is 9.53 Å². The van der Waals surface area contributed by atoms with Crippen molar-refractivity contribution in [1.29, 1.82) is 5.26 Å². The summed E-state index contributed by atoms with van der Waals surface area (Å²) in [7, 11) is 1.57. The number of ketones is 1. The molecule has 1 aromatic heterocycles. The third-order valence-electron chi connectivity index (χ3n) is 2.55. The number of methoxy groups -OCH3 is 1. The highest BCUT2D eigenvalue weighted by Gasteiger charge is 2.14. The highest BCUT2D eigenvalue weighted by molar-refractivity contribution is 9.10. The number of benzene rings is 1. The molecule has 0 unspecified atom stereocenters. The average Bonchev–Trinajstić information content (AvgIpc) is 2.78. The number of halogens is 1. The summed E-state index contributed by atoms with van der Waals surface area (Å²) in [5, 5.41) is 9.49. The van der Waals surface area contributed by atoms with Crippen LogP contribution in [0.25, 0.3) is 10.9 Å². The number of aromatic amines is 1. The van der Waals surface area contributed by atoms with Crippen LogP contribution in [0, 0.1) is 11.3 Å². The van der Waals surface area contributed by atoms with Gasteiger partial charge in [-0.1, -0.05) is 6.58 Å². The van der Waals surface area contributed by atoms with Gasteiger partial charge in [0, 0.05) is 10.9 Å². The van der Waals surface area contributed by atoms with Crippen molar-refractivity contribution in [2.45, 2.75) is 0 Å². The zero-order chi connectivity index (χ0) is 13.3. The Kier molecular flexibility index (Phi) is 3.21. The molecule has 4 nitrogen and oxygen atoms in total. The Morgan fingerprint density at radius 3 is 2.83 bits per heavy atom. The molecule has 18 heavy (non-hydrogen) atoms. The van der Waals surface area contributed by atoms with Gasteiger partial charge in [-0.25, -0.2) is 0 Å². The molecule has 1 aromatic carbocycles. The van der Waals surface area contributed by atoms with Crippen molar-refractivity contribution >= 4 is 32.6 Å². The van der Waals surface area contributed by atoms with Gasteiger partial charge in [0.05, 0.1) is 22.8 Å². The number of fused-ring (bicyclic) bond motifs is 1. The Bertz CT molecular complexity index is 695. The number of nitrogens with one attached hydrogen (secondary N) is 1. The van der Waals surface area contributed by atoms with E-state index in [2.05, 4.69) is 27.5 Å². The molecule has 0 fully saturated rings. The Morgan fingerprint density at radius 2 is 2.22 bits per heavy atom. The lowest BCUT2D eigenvalue weighted by molar-refractivity contribution is 0.103. The number of nitrogens with zero attached hydrogens (tertiary/aromatic N) is 1. The molecule has 1 N–H and O–H groups in total. The number of nitriles is 1. The molecule has 1 heterocycles. The molecule has 0 aliphatic rings. The monoisotopic (exact) mass is 304 g/mol. The fourth-order valence-electron chi connectivity index (χ4n) is 1.63. The van der Waals surface area contributed by atoms with Crippen LogP contribution in [0.15, 0.2) is 34.8 Å². The number of carbonyl (C=O) groups is 1. The minimum absolute atomic E-state index is 0.0902. The van der Waals surface area contributed by atoms with Crippen LogP contribution in [-0.4, -0.2) is 17.9 Å². The van der Waals surface area contributed by atoms with E-state index >= 15 is 0 Å². The first-order valence-electron chi connectivity index (χ1n) is 5.06. The molecule has 0 saturated heterocycles. The summed E-state index contributed by atoms with van der Waals surface area (Å²) in [6.07, 6.45) is 0. The van der Waals surface area contributed by atoms with E-state index in [0.717, 1.165) is 15.4 Å². The lowest BCUT2D eigenvalue weighted by atomic mass is 10.1. The molecular weight excluding hydrogens is 296 g/mol. The van der Waals surface area contributed by atoms with E-state index in [1.54, 1.807) is 19.2 Å². The molecule has 0 bridgehead atoms. The van der Waals surface area contributed by atoms with E-state index in [1.807, 2.05) is 12.1 Å². The lowest BCUT2D eigenvalue weighted by Crippen LogP contribution is -2.00. The predicted molar refractivity (Wildman–Crippen MR) is 71.6 cm³/mol. The smallest absolute Gasteiger partial charge is 0.219 e. The van der Waals surface area contributed by atoms with Crippen LogP contribution < -0.4 is 4.74 Å². The van der Waals surface area contributed by atoms with Gasteiger partial charge in [-0.05, 0) is 34.1 Å². The second kappa shape index (κ2) is 4.67.